The number of hydrogen-bond acceptors (Lipinski definition) is 4. The minimum atomic E-state index is -0.808. The van der Waals surface area contributed by atoms with Gasteiger partial charge in [0.25, 0.3) is 11.6 Å². The summed E-state index contributed by atoms with van der Waals surface area (Å²) in [6.07, 6.45) is 0. The summed E-state index contributed by atoms with van der Waals surface area (Å²) >= 11 is 5.76. The zero-order valence-electron chi connectivity index (χ0n) is 14.2. The van der Waals surface area contributed by atoms with Gasteiger partial charge in [0.2, 0.25) is 5.91 Å². The number of hydrogen-bond donors (Lipinski definition) is 2. The number of amides is 2. The van der Waals surface area contributed by atoms with Gasteiger partial charge in [0.15, 0.2) is 0 Å². The van der Waals surface area contributed by atoms with Crippen molar-refractivity contribution < 1.29 is 14.5 Å². The van der Waals surface area contributed by atoms with Crippen molar-refractivity contribution in [2.45, 2.75) is 19.9 Å². The highest BCUT2D eigenvalue weighted by Crippen LogP contribution is 2.25. The zero-order chi connectivity index (χ0) is 19.3. The van der Waals surface area contributed by atoms with E-state index in [-0.39, 0.29) is 28.1 Å². The number of rotatable bonds is 6. The van der Waals surface area contributed by atoms with Gasteiger partial charge in [-0.25, -0.2) is 0 Å². The van der Waals surface area contributed by atoms with Crippen LogP contribution in [0.2, 0.25) is 5.02 Å². The molecule has 0 spiro atoms. The monoisotopic (exact) mass is 375 g/mol. The number of halogens is 1. The summed E-state index contributed by atoms with van der Waals surface area (Å²) in [7, 11) is 0. The number of anilines is 1. The third-order valence-corrected chi connectivity index (χ3v) is 4.00. The smallest absolute Gasteiger partial charge is 0.288 e. The first kappa shape index (κ1) is 19.4. The molecule has 26 heavy (non-hydrogen) atoms. The minimum Gasteiger partial charge on any atom is -0.340 e. The second-order valence-corrected chi connectivity index (χ2v) is 6.38. The third kappa shape index (κ3) is 4.80. The molecule has 0 fully saturated rings. The summed E-state index contributed by atoms with van der Waals surface area (Å²) < 4.78 is 0. The minimum absolute atomic E-state index is 0.0549. The van der Waals surface area contributed by atoms with E-state index in [1.54, 1.807) is 38.1 Å². The highest BCUT2D eigenvalue weighted by Gasteiger charge is 2.26. The van der Waals surface area contributed by atoms with Gasteiger partial charge < -0.3 is 10.6 Å². The number of carbonyl (C=O) groups is 2. The number of nitrogens with one attached hydrogen (secondary N) is 2. The Bertz CT molecular complexity index is 824. The van der Waals surface area contributed by atoms with Crippen LogP contribution in [-0.4, -0.2) is 22.8 Å². The fourth-order valence-corrected chi connectivity index (χ4v) is 2.48. The topological polar surface area (TPSA) is 101 Å². The first-order valence-corrected chi connectivity index (χ1v) is 8.28. The number of nitrogens with zero attached hydrogens (tertiary/aromatic N) is 1. The summed E-state index contributed by atoms with van der Waals surface area (Å²) in [6, 6.07) is 11.8. The lowest BCUT2D eigenvalue weighted by atomic mass is 10.0. The lowest BCUT2D eigenvalue weighted by Gasteiger charge is -2.21. The molecule has 0 radical (unpaired) electrons. The Labute approximate surface area is 155 Å². The van der Waals surface area contributed by atoms with Crippen LogP contribution in [0.3, 0.4) is 0 Å². The molecular weight excluding hydrogens is 358 g/mol. The van der Waals surface area contributed by atoms with Crippen LogP contribution in [0.25, 0.3) is 0 Å². The molecule has 1 atom stereocenters. The fourth-order valence-electron chi connectivity index (χ4n) is 2.29. The van der Waals surface area contributed by atoms with E-state index in [9.17, 15) is 19.7 Å². The molecule has 136 valence electrons. The highest BCUT2D eigenvalue weighted by molar-refractivity contribution is 6.32. The molecule has 2 rings (SSSR count). The van der Waals surface area contributed by atoms with Gasteiger partial charge in [0.05, 0.1) is 4.92 Å². The van der Waals surface area contributed by atoms with Gasteiger partial charge in [-0.3, -0.25) is 19.7 Å². The maximum atomic E-state index is 12.5. The molecule has 0 aliphatic rings. The van der Waals surface area contributed by atoms with E-state index < -0.39 is 16.9 Å². The average molecular weight is 376 g/mol. The van der Waals surface area contributed by atoms with Crippen LogP contribution < -0.4 is 10.6 Å². The number of nitro benzene ring substituents is 1. The predicted molar refractivity (Wildman–Crippen MR) is 99.3 cm³/mol. The van der Waals surface area contributed by atoms with Crippen LogP contribution >= 0.6 is 11.6 Å². The summed E-state index contributed by atoms with van der Waals surface area (Å²) in [4.78, 5) is 35.2. The number of carbonyl (C=O) groups excluding carboxylic acids is 2. The van der Waals surface area contributed by atoms with E-state index in [2.05, 4.69) is 10.6 Å². The maximum absolute atomic E-state index is 12.5. The van der Waals surface area contributed by atoms with E-state index in [4.69, 9.17) is 11.6 Å². The fraction of sp³-hybridized carbons (Fsp3) is 0.222. The number of para-hydroxylation sites is 1. The van der Waals surface area contributed by atoms with Gasteiger partial charge >= 0.3 is 0 Å². The molecule has 0 heterocycles. The van der Waals surface area contributed by atoms with E-state index >= 15 is 0 Å². The Balaban J connectivity index is 2.16. The second kappa shape index (κ2) is 8.44. The van der Waals surface area contributed by atoms with Crippen molar-refractivity contribution in [1.82, 2.24) is 5.32 Å². The largest absolute Gasteiger partial charge is 0.340 e. The lowest BCUT2D eigenvalue weighted by molar-refractivity contribution is -0.384. The van der Waals surface area contributed by atoms with E-state index in [0.29, 0.717) is 5.69 Å². The van der Waals surface area contributed by atoms with Gasteiger partial charge in [-0.1, -0.05) is 43.6 Å². The van der Waals surface area contributed by atoms with Crippen molar-refractivity contribution in [3.8, 4) is 0 Å². The maximum Gasteiger partial charge on any atom is 0.288 e. The highest BCUT2D eigenvalue weighted by atomic mass is 35.5. The third-order valence-electron chi connectivity index (χ3n) is 3.68. The zero-order valence-corrected chi connectivity index (χ0v) is 15.0. The molecule has 2 aromatic rings. The molecular formula is C18H18ClN3O4. The summed E-state index contributed by atoms with van der Waals surface area (Å²) in [5.74, 6) is -1.15. The first-order valence-electron chi connectivity index (χ1n) is 7.90. The molecule has 0 aromatic heterocycles. The molecule has 8 heteroatoms. The van der Waals surface area contributed by atoms with Crippen LogP contribution in [0.5, 0.6) is 0 Å². The normalized spacial score (nSPS) is 11.7. The van der Waals surface area contributed by atoms with Crippen molar-refractivity contribution in [1.29, 1.82) is 0 Å². The van der Waals surface area contributed by atoms with Gasteiger partial charge in [0, 0.05) is 17.3 Å². The summed E-state index contributed by atoms with van der Waals surface area (Å²) in [5.41, 5.74) is 0.299. The molecule has 0 unspecified atom stereocenters. The number of benzene rings is 2. The van der Waals surface area contributed by atoms with Crippen molar-refractivity contribution in [2.24, 2.45) is 5.92 Å². The molecule has 0 saturated heterocycles. The van der Waals surface area contributed by atoms with Crippen LogP contribution in [0, 0.1) is 16.0 Å². The molecule has 0 bridgehead atoms. The van der Waals surface area contributed by atoms with Gasteiger partial charge in [0.1, 0.15) is 11.1 Å². The van der Waals surface area contributed by atoms with Gasteiger partial charge in [-0.15, -0.1) is 0 Å². The Kier molecular flexibility index (Phi) is 6.30. The standard InChI is InChI=1S/C18H18ClN3O4/c1-11(2)16(18(24)20-13-6-4-3-5-7-13)21-17(23)12-8-9-14(19)15(10-12)22(25)26/h3-11,16H,1-2H3,(H,20,24)(H,21,23)/t16-/m0/s1. The quantitative estimate of drug-likeness (QED) is 0.594. The van der Waals surface area contributed by atoms with Crippen molar-refractivity contribution >= 4 is 34.8 Å². The van der Waals surface area contributed by atoms with Crippen molar-refractivity contribution in [3.63, 3.8) is 0 Å². The number of nitro groups is 1. The first-order chi connectivity index (χ1) is 12.3. The molecule has 0 aliphatic carbocycles. The average Bonchev–Trinajstić information content (AvgIpc) is 2.60. The predicted octanol–water partition coefficient (Wildman–Crippen LogP) is 3.64. The Morgan fingerprint density at radius 3 is 2.35 bits per heavy atom. The molecule has 0 saturated carbocycles. The van der Waals surface area contributed by atoms with Crippen molar-refractivity contribution in [2.75, 3.05) is 5.32 Å². The van der Waals surface area contributed by atoms with Crippen molar-refractivity contribution in [3.05, 3.63) is 69.2 Å². The molecule has 0 aliphatic heterocycles. The molecule has 2 aromatic carbocycles. The lowest BCUT2D eigenvalue weighted by Crippen LogP contribution is -2.47. The molecule has 2 N–H and O–H groups in total. The van der Waals surface area contributed by atoms with E-state index in [1.807, 2.05) is 6.07 Å². The van der Waals surface area contributed by atoms with Crippen LogP contribution in [-0.2, 0) is 4.79 Å². The van der Waals surface area contributed by atoms with E-state index in [1.165, 1.54) is 12.1 Å². The summed E-state index contributed by atoms with van der Waals surface area (Å²) in [6.45, 7) is 3.58. The Morgan fingerprint density at radius 1 is 1.12 bits per heavy atom. The van der Waals surface area contributed by atoms with Crippen LogP contribution in [0.1, 0.15) is 24.2 Å². The SMILES string of the molecule is CC(C)[C@H](NC(=O)c1ccc(Cl)c([N+](=O)[O-])c1)C(=O)Nc1ccccc1. The molecule has 7 nitrogen and oxygen atoms in total. The van der Waals surface area contributed by atoms with Crippen LogP contribution in [0.4, 0.5) is 11.4 Å². The summed E-state index contributed by atoms with van der Waals surface area (Å²) in [5, 5.41) is 16.3. The van der Waals surface area contributed by atoms with Gasteiger partial charge in [-0.05, 0) is 30.2 Å². The van der Waals surface area contributed by atoms with E-state index in [0.717, 1.165) is 6.07 Å². The Hall–Kier alpha value is -2.93. The van der Waals surface area contributed by atoms with Crippen LogP contribution in [0.15, 0.2) is 48.5 Å². The Morgan fingerprint density at radius 2 is 1.77 bits per heavy atom. The van der Waals surface area contributed by atoms with Gasteiger partial charge in [-0.2, -0.15) is 0 Å². The molecule has 2 amide bonds. The second-order valence-electron chi connectivity index (χ2n) is 5.97.